The van der Waals surface area contributed by atoms with Crippen LogP contribution in [0.5, 0.6) is 0 Å². The van der Waals surface area contributed by atoms with Gasteiger partial charge in [0.05, 0.1) is 11.5 Å². The predicted molar refractivity (Wildman–Crippen MR) is 124 cm³/mol. The minimum absolute atomic E-state index is 0.0342. The summed E-state index contributed by atoms with van der Waals surface area (Å²) < 4.78 is 23.7. The fourth-order valence-corrected chi connectivity index (χ4v) is 6.61. The summed E-state index contributed by atoms with van der Waals surface area (Å²) in [6.07, 6.45) is 0.720. The van der Waals surface area contributed by atoms with Crippen LogP contribution in [0.3, 0.4) is 0 Å². The Morgan fingerprint density at radius 1 is 1.00 bits per heavy atom. The van der Waals surface area contributed by atoms with Crippen LogP contribution >= 0.6 is 0 Å². The lowest BCUT2D eigenvalue weighted by Gasteiger charge is -2.40. The van der Waals surface area contributed by atoms with E-state index >= 15 is 0 Å². The van der Waals surface area contributed by atoms with Gasteiger partial charge in [0.1, 0.15) is 6.04 Å². The number of amides is 1. The normalized spacial score (nSPS) is 22.8. The number of rotatable bonds is 5. The van der Waals surface area contributed by atoms with Gasteiger partial charge in [-0.05, 0) is 49.1 Å². The van der Waals surface area contributed by atoms with Crippen LogP contribution in [0.4, 0.5) is 5.69 Å². The van der Waals surface area contributed by atoms with Crippen LogP contribution in [0.15, 0.2) is 48.5 Å². The lowest BCUT2D eigenvalue weighted by Crippen LogP contribution is -2.53. The molecule has 2 aliphatic heterocycles. The minimum atomic E-state index is -2.89. The molecule has 0 aliphatic carbocycles. The van der Waals surface area contributed by atoms with Crippen molar-refractivity contribution in [3.63, 3.8) is 0 Å². The molecule has 166 valence electrons. The lowest BCUT2D eigenvalue weighted by atomic mass is 10.0. The molecule has 2 saturated heterocycles. The fraction of sp³-hybridized carbons (Fsp3) is 0.458. The van der Waals surface area contributed by atoms with Crippen LogP contribution in [0.2, 0.25) is 0 Å². The quantitative estimate of drug-likeness (QED) is 0.773. The standard InChI is InChI=1S/C24H31N3O3S/c1-18-14-19(2)16-21(15-18)25-24(28)23(20-6-4-3-5-7-20)27-11-9-26(10-12-27)22-8-13-31(29,30)17-22/h3-7,14-16,22-23H,8-13,17H2,1-2H3,(H,25,28)/t22-,23+/m0/s1. The summed E-state index contributed by atoms with van der Waals surface area (Å²) in [6.45, 7) is 7.08. The molecule has 2 aliphatic rings. The zero-order valence-corrected chi connectivity index (χ0v) is 19.1. The minimum Gasteiger partial charge on any atom is -0.324 e. The maximum Gasteiger partial charge on any atom is 0.246 e. The van der Waals surface area contributed by atoms with Crippen molar-refractivity contribution in [3.05, 3.63) is 65.2 Å². The van der Waals surface area contributed by atoms with E-state index in [9.17, 15) is 13.2 Å². The highest BCUT2D eigenvalue weighted by molar-refractivity contribution is 7.91. The number of benzene rings is 2. The maximum atomic E-state index is 13.4. The Kier molecular flexibility index (Phi) is 6.46. The fourth-order valence-electron chi connectivity index (χ4n) is 4.84. The van der Waals surface area contributed by atoms with Crippen molar-refractivity contribution in [2.75, 3.05) is 43.0 Å². The third-order valence-corrected chi connectivity index (χ3v) is 8.04. The number of sulfone groups is 1. The highest BCUT2D eigenvalue weighted by Gasteiger charge is 2.36. The van der Waals surface area contributed by atoms with E-state index in [4.69, 9.17) is 0 Å². The largest absolute Gasteiger partial charge is 0.324 e. The molecule has 0 aromatic heterocycles. The number of nitrogens with one attached hydrogen (secondary N) is 1. The molecule has 2 heterocycles. The van der Waals surface area contributed by atoms with Gasteiger partial charge in [-0.3, -0.25) is 14.6 Å². The second-order valence-corrected chi connectivity index (χ2v) is 11.0. The van der Waals surface area contributed by atoms with Crippen LogP contribution < -0.4 is 5.32 Å². The molecule has 0 unspecified atom stereocenters. The molecule has 4 rings (SSSR count). The Hall–Kier alpha value is -2.22. The first-order valence-corrected chi connectivity index (χ1v) is 12.8. The van der Waals surface area contributed by atoms with Crippen molar-refractivity contribution in [3.8, 4) is 0 Å². The first-order chi connectivity index (χ1) is 14.8. The third-order valence-electron chi connectivity index (χ3n) is 6.29. The molecular formula is C24H31N3O3S. The van der Waals surface area contributed by atoms with E-state index in [2.05, 4.69) is 21.2 Å². The van der Waals surface area contributed by atoms with E-state index in [-0.39, 0.29) is 23.7 Å². The van der Waals surface area contributed by atoms with Crippen LogP contribution in [0.25, 0.3) is 0 Å². The Morgan fingerprint density at radius 3 is 2.23 bits per heavy atom. The summed E-state index contributed by atoms with van der Waals surface area (Å²) in [5.74, 6) is 0.526. The van der Waals surface area contributed by atoms with Gasteiger partial charge in [-0.2, -0.15) is 0 Å². The SMILES string of the molecule is Cc1cc(C)cc(NC(=O)[C@@H](c2ccccc2)N2CCN([C@H]3CCS(=O)(=O)C3)CC2)c1. The Balaban J connectivity index is 1.49. The molecule has 2 fully saturated rings. The molecule has 1 N–H and O–H groups in total. The Morgan fingerprint density at radius 2 is 1.65 bits per heavy atom. The average molecular weight is 442 g/mol. The van der Waals surface area contributed by atoms with Crippen LogP contribution in [0.1, 0.15) is 29.2 Å². The van der Waals surface area contributed by atoms with Gasteiger partial charge in [-0.15, -0.1) is 0 Å². The van der Waals surface area contributed by atoms with E-state index in [1.165, 1.54) is 0 Å². The van der Waals surface area contributed by atoms with E-state index < -0.39 is 9.84 Å². The van der Waals surface area contributed by atoms with Gasteiger partial charge in [0.25, 0.3) is 0 Å². The highest BCUT2D eigenvalue weighted by Crippen LogP contribution is 2.27. The van der Waals surface area contributed by atoms with Crippen molar-refractivity contribution >= 4 is 21.4 Å². The Labute approximate surface area is 185 Å². The number of anilines is 1. The number of hydrogen-bond acceptors (Lipinski definition) is 5. The number of nitrogens with zero attached hydrogens (tertiary/aromatic N) is 2. The van der Waals surface area contributed by atoms with Crippen molar-refractivity contribution in [2.45, 2.75) is 32.4 Å². The van der Waals surface area contributed by atoms with Gasteiger partial charge in [-0.25, -0.2) is 8.42 Å². The summed E-state index contributed by atoms with van der Waals surface area (Å²) in [5.41, 5.74) is 4.03. The summed E-state index contributed by atoms with van der Waals surface area (Å²) in [5, 5.41) is 3.12. The summed E-state index contributed by atoms with van der Waals surface area (Å²) in [7, 11) is -2.89. The van der Waals surface area contributed by atoms with E-state index in [1.54, 1.807) is 0 Å². The smallest absolute Gasteiger partial charge is 0.246 e. The monoisotopic (exact) mass is 441 g/mol. The second kappa shape index (κ2) is 9.10. The van der Waals surface area contributed by atoms with E-state index in [0.717, 1.165) is 55.0 Å². The van der Waals surface area contributed by atoms with Gasteiger partial charge in [0.2, 0.25) is 5.91 Å². The third kappa shape index (κ3) is 5.34. The van der Waals surface area contributed by atoms with Crippen molar-refractivity contribution in [1.29, 1.82) is 0 Å². The lowest BCUT2D eigenvalue weighted by molar-refractivity contribution is -0.122. The van der Waals surface area contributed by atoms with Crippen molar-refractivity contribution in [1.82, 2.24) is 9.80 Å². The highest BCUT2D eigenvalue weighted by atomic mass is 32.2. The molecule has 2 aromatic rings. The first kappa shape index (κ1) is 22.0. The van der Waals surface area contributed by atoms with Gasteiger partial charge in [0.15, 0.2) is 9.84 Å². The number of piperazine rings is 1. The van der Waals surface area contributed by atoms with Crippen molar-refractivity contribution in [2.24, 2.45) is 0 Å². The predicted octanol–water partition coefficient (Wildman–Crippen LogP) is 2.79. The molecule has 0 radical (unpaired) electrons. The van der Waals surface area contributed by atoms with Crippen molar-refractivity contribution < 1.29 is 13.2 Å². The molecule has 0 spiro atoms. The average Bonchev–Trinajstić information content (AvgIpc) is 3.08. The molecule has 0 bridgehead atoms. The number of aryl methyl sites for hydroxylation is 2. The molecule has 31 heavy (non-hydrogen) atoms. The van der Waals surface area contributed by atoms with Crippen LogP contribution in [-0.4, -0.2) is 67.9 Å². The van der Waals surface area contributed by atoms with E-state index in [1.807, 2.05) is 56.3 Å². The second-order valence-electron chi connectivity index (χ2n) is 8.81. The summed E-state index contributed by atoms with van der Waals surface area (Å²) >= 11 is 0. The molecule has 2 aromatic carbocycles. The van der Waals surface area contributed by atoms with Gasteiger partial charge < -0.3 is 5.32 Å². The van der Waals surface area contributed by atoms with Gasteiger partial charge >= 0.3 is 0 Å². The molecular weight excluding hydrogens is 410 g/mol. The Bertz CT molecular complexity index is 1010. The first-order valence-electron chi connectivity index (χ1n) is 10.9. The summed E-state index contributed by atoms with van der Waals surface area (Å²) in [6, 6.07) is 15.7. The van der Waals surface area contributed by atoms with Gasteiger partial charge in [-0.1, -0.05) is 36.4 Å². The number of hydrogen-bond donors (Lipinski definition) is 1. The molecule has 1 amide bonds. The topological polar surface area (TPSA) is 69.7 Å². The van der Waals surface area contributed by atoms with Crippen LogP contribution in [0, 0.1) is 13.8 Å². The zero-order chi connectivity index (χ0) is 22.0. The molecule has 2 atom stereocenters. The number of carbonyl (C=O) groups is 1. The van der Waals surface area contributed by atoms with Crippen LogP contribution in [-0.2, 0) is 14.6 Å². The maximum absolute atomic E-state index is 13.4. The zero-order valence-electron chi connectivity index (χ0n) is 18.3. The molecule has 6 nitrogen and oxygen atoms in total. The van der Waals surface area contributed by atoms with Gasteiger partial charge in [0, 0.05) is 37.9 Å². The molecule has 7 heteroatoms. The van der Waals surface area contributed by atoms with E-state index in [0.29, 0.717) is 5.75 Å². The molecule has 0 saturated carbocycles. The summed E-state index contributed by atoms with van der Waals surface area (Å²) in [4.78, 5) is 17.9. The number of carbonyl (C=O) groups excluding carboxylic acids is 1.